The van der Waals surface area contributed by atoms with Crippen molar-refractivity contribution in [1.82, 2.24) is 0 Å². The van der Waals surface area contributed by atoms with Crippen molar-refractivity contribution in [3.8, 4) is 0 Å². The van der Waals surface area contributed by atoms with Crippen LogP contribution in [0.1, 0.15) is 39.5 Å². The Kier molecular flexibility index (Phi) is 3.94. The summed E-state index contributed by atoms with van der Waals surface area (Å²) in [5.74, 6) is 2.53. The quantitative estimate of drug-likeness (QED) is 0.726. The molecule has 2 nitrogen and oxygen atoms in total. The highest BCUT2D eigenvalue weighted by molar-refractivity contribution is 5.11. The second-order valence-corrected chi connectivity index (χ2v) is 6.31. The van der Waals surface area contributed by atoms with Crippen LogP contribution in [0.15, 0.2) is 12.2 Å². The number of hydrogen-bond acceptors (Lipinski definition) is 2. The van der Waals surface area contributed by atoms with Gasteiger partial charge in [0.15, 0.2) is 0 Å². The van der Waals surface area contributed by atoms with Gasteiger partial charge in [-0.1, -0.05) is 26.0 Å². The largest absolute Gasteiger partial charge is 0.396 e. The van der Waals surface area contributed by atoms with Crippen molar-refractivity contribution in [3.63, 3.8) is 0 Å². The van der Waals surface area contributed by atoms with E-state index in [1.807, 2.05) is 0 Å². The third-order valence-electron chi connectivity index (χ3n) is 5.21. The van der Waals surface area contributed by atoms with Crippen molar-refractivity contribution in [2.75, 3.05) is 6.61 Å². The molecule has 0 aromatic rings. The van der Waals surface area contributed by atoms with Gasteiger partial charge in [0.2, 0.25) is 0 Å². The maximum atomic E-state index is 10.0. The Hall–Kier alpha value is -0.340. The lowest BCUT2D eigenvalue weighted by molar-refractivity contribution is -0.0136. The molecule has 98 valence electrons. The second-order valence-electron chi connectivity index (χ2n) is 6.31. The molecule has 0 aromatic carbocycles. The molecule has 0 amide bonds. The van der Waals surface area contributed by atoms with Crippen LogP contribution in [0.3, 0.4) is 0 Å². The van der Waals surface area contributed by atoms with Gasteiger partial charge < -0.3 is 10.2 Å². The summed E-state index contributed by atoms with van der Waals surface area (Å²) in [5.41, 5.74) is 1.34. The molecular formula is C15H26O2. The lowest BCUT2D eigenvalue weighted by Gasteiger charge is -2.48. The number of allylic oxidation sites excluding steroid dienone is 1. The van der Waals surface area contributed by atoms with Gasteiger partial charge in [0.25, 0.3) is 0 Å². The molecule has 2 saturated carbocycles. The maximum absolute atomic E-state index is 10.0. The van der Waals surface area contributed by atoms with Gasteiger partial charge in [-0.25, -0.2) is 0 Å². The molecule has 2 rings (SSSR count). The molecular weight excluding hydrogens is 212 g/mol. The van der Waals surface area contributed by atoms with Crippen LogP contribution >= 0.6 is 0 Å². The van der Waals surface area contributed by atoms with Gasteiger partial charge in [-0.05, 0) is 55.3 Å². The molecule has 0 spiro atoms. The van der Waals surface area contributed by atoms with Crippen LogP contribution in [-0.2, 0) is 0 Å². The maximum Gasteiger partial charge on any atom is 0.0571 e. The van der Waals surface area contributed by atoms with Gasteiger partial charge in [0.05, 0.1) is 6.10 Å². The summed E-state index contributed by atoms with van der Waals surface area (Å²) in [5, 5.41) is 19.4. The van der Waals surface area contributed by atoms with Gasteiger partial charge in [-0.15, -0.1) is 0 Å². The first-order chi connectivity index (χ1) is 8.04. The van der Waals surface area contributed by atoms with E-state index in [0.29, 0.717) is 29.6 Å². The molecule has 2 aliphatic carbocycles. The standard InChI is InChI=1S/C15H26O2/c1-9-4-5-12(11(3)8-16)14-6-10(2)15(17)7-13(9)14/h10-17H,1,4-8H2,2-3H3/t10-,11?,12+,13+,14+,15+/m1/s1. The topological polar surface area (TPSA) is 40.5 Å². The van der Waals surface area contributed by atoms with Crippen LogP contribution in [0.2, 0.25) is 0 Å². The normalized spacial score (nSPS) is 44.2. The van der Waals surface area contributed by atoms with Crippen LogP contribution in [0, 0.1) is 29.6 Å². The average molecular weight is 238 g/mol. The Morgan fingerprint density at radius 3 is 2.76 bits per heavy atom. The minimum Gasteiger partial charge on any atom is -0.396 e. The van der Waals surface area contributed by atoms with E-state index in [9.17, 15) is 10.2 Å². The highest BCUT2D eigenvalue weighted by Crippen LogP contribution is 2.49. The zero-order valence-corrected chi connectivity index (χ0v) is 11.1. The summed E-state index contributed by atoms with van der Waals surface area (Å²) in [6.07, 6.45) is 4.08. The Bertz CT molecular complexity index is 287. The predicted octanol–water partition coefficient (Wildman–Crippen LogP) is 2.60. The molecule has 1 unspecified atom stereocenters. The lowest BCUT2D eigenvalue weighted by atomic mass is 9.58. The number of rotatable bonds is 2. The molecule has 0 saturated heterocycles. The molecule has 2 aliphatic rings. The summed E-state index contributed by atoms with van der Waals surface area (Å²) >= 11 is 0. The van der Waals surface area contributed by atoms with Crippen molar-refractivity contribution in [3.05, 3.63) is 12.2 Å². The minimum absolute atomic E-state index is 0.156. The van der Waals surface area contributed by atoms with Gasteiger partial charge >= 0.3 is 0 Å². The molecule has 0 aromatic heterocycles. The van der Waals surface area contributed by atoms with E-state index < -0.39 is 0 Å². The van der Waals surface area contributed by atoms with E-state index in [1.165, 1.54) is 12.0 Å². The molecule has 6 atom stereocenters. The highest BCUT2D eigenvalue weighted by Gasteiger charge is 2.43. The summed E-state index contributed by atoms with van der Waals surface area (Å²) in [6, 6.07) is 0. The van der Waals surface area contributed by atoms with Crippen molar-refractivity contribution in [1.29, 1.82) is 0 Å². The SMILES string of the molecule is C=C1CC[C@@H](C(C)CO)[C@@H]2C[C@@H](C)[C@@H](O)C[C@@H]12. The summed E-state index contributed by atoms with van der Waals surface area (Å²) < 4.78 is 0. The smallest absolute Gasteiger partial charge is 0.0571 e. The number of aliphatic hydroxyl groups excluding tert-OH is 2. The Labute approximate surface area is 105 Å². The zero-order valence-electron chi connectivity index (χ0n) is 11.1. The zero-order chi connectivity index (χ0) is 12.6. The molecule has 0 bridgehead atoms. The number of aliphatic hydroxyl groups is 2. The van der Waals surface area contributed by atoms with E-state index in [0.717, 1.165) is 19.3 Å². The first-order valence-corrected chi connectivity index (χ1v) is 7.01. The van der Waals surface area contributed by atoms with Gasteiger partial charge in [-0.2, -0.15) is 0 Å². The van der Waals surface area contributed by atoms with E-state index in [2.05, 4.69) is 20.4 Å². The van der Waals surface area contributed by atoms with Crippen molar-refractivity contribution < 1.29 is 10.2 Å². The van der Waals surface area contributed by atoms with Crippen molar-refractivity contribution in [2.45, 2.75) is 45.6 Å². The molecule has 0 radical (unpaired) electrons. The predicted molar refractivity (Wildman–Crippen MR) is 69.5 cm³/mol. The fraction of sp³-hybridized carbons (Fsp3) is 0.867. The van der Waals surface area contributed by atoms with Crippen molar-refractivity contribution >= 4 is 0 Å². The van der Waals surface area contributed by atoms with Gasteiger partial charge in [0, 0.05) is 6.61 Å². The summed E-state index contributed by atoms with van der Waals surface area (Å²) in [7, 11) is 0. The van der Waals surface area contributed by atoms with Crippen LogP contribution in [0.4, 0.5) is 0 Å². The Balaban J connectivity index is 2.15. The first-order valence-electron chi connectivity index (χ1n) is 7.01. The van der Waals surface area contributed by atoms with Crippen LogP contribution < -0.4 is 0 Å². The van der Waals surface area contributed by atoms with Crippen molar-refractivity contribution in [2.24, 2.45) is 29.6 Å². The number of fused-ring (bicyclic) bond motifs is 1. The monoisotopic (exact) mass is 238 g/mol. The fourth-order valence-electron chi connectivity index (χ4n) is 3.95. The van der Waals surface area contributed by atoms with E-state index in [1.54, 1.807) is 0 Å². The van der Waals surface area contributed by atoms with Crippen LogP contribution in [0.5, 0.6) is 0 Å². The minimum atomic E-state index is -0.156. The molecule has 0 heterocycles. The summed E-state index contributed by atoms with van der Waals surface area (Å²) in [4.78, 5) is 0. The third kappa shape index (κ3) is 2.43. The summed E-state index contributed by atoms with van der Waals surface area (Å²) in [6.45, 7) is 8.80. The molecule has 2 fully saturated rings. The van der Waals surface area contributed by atoms with Gasteiger partial charge in [0.1, 0.15) is 0 Å². The Morgan fingerprint density at radius 2 is 2.12 bits per heavy atom. The number of hydrogen-bond donors (Lipinski definition) is 2. The van der Waals surface area contributed by atoms with E-state index >= 15 is 0 Å². The molecule has 17 heavy (non-hydrogen) atoms. The molecule has 2 heteroatoms. The Morgan fingerprint density at radius 1 is 1.41 bits per heavy atom. The van der Waals surface area contributed by atoms with E-state index in [-0.39, 0.29) is 12.7 Å². The fourth-order valence-corrected chi connectivity index (χ4v) is 3.95. The molecule has 0 aliphatic heterocycles. The van der Waals surface area contributed by atoms with Gasteiger partial charge in [-0.3, -0.25) is 0 Å². The lowest BCUT2D eigenvalue weighted by Crippen LogP contribution is -2.43. The third-order valence-corrected chi connectivity index (χ3v) is 5.21. The molecule has 2 N–H and O–H groups in total. The van der Waals surface area contributed by atoms with E-state index in [4.69, 9.17) is 0 Å². The second kappa shape index (κ2) is 5.11. The highest BCUT2D eigenvalue weighted by atomic mass is 16.3. The van der Waals surface area contributed by atoms with Crippen LogP contribution in [-0.4, -0.2) is 22.9 Å². The first kappa shape index (κ1) is 13.1. The average Bonchev–Trinajstić information content (AvgIpc) is 2.31. The van der Waals surface area contributed by atoms with Crippen LogP contribution in [0.25, 0.3) is 0 Å².